The number of carbonyl (C=O) groups excluding carboxylic acids is 1. The number of hydrogen-bond donors (Lipinski definition) is 1. The van der Waals surface area contributed by atoms with Gasteiger partial charge < -0.3 is 5.32 Å². The van der Waals surface area contributed by atoms with Crippen LogP contribution in [0.25, 0.3) is 0 Å². The molecule has 2 aromatic rings. The van der Waals surface area contributed by atoms with E-state index < -0.39 is 0 Å². The molecule has 98 valence electrons. The monoisotopic (exact) mass is 318 g/mol. The highest BCUT2D eigenvalue weighted by Crippen LogP contribution is 2.19. The van der Waals surface area contributed by atoms with Crippen LogP contribution in [-0.2, 0) is 4.79 Å². The first kappa shape index (κ1) is 13.7. The van der Waals surface area contributed by atoms with E-state index in [4.69, 9.17) is 0 Å². The van der Waals surface area contributed by atoms with Crippen molar-refractivity contribution in [1.82, 2.24) is 4.98 Å². The molecule has 3 nitrogen and oxygen atoms in total. The lowest BCUT2D eigenvalue weighted by Crippen LogP contribution is -2.14. The SMILES string of the molecule is CC(CC(=O)Nc1ccc(Br)cc1)c1cccnc1. The molecule has 0 saturated carbocycles. The summed E-state index contributed by atoms with van der Waals surface area (Å²) in [5.74, 6) is 0.169. The zero-order chi connectivity index (χ0) is 13.7. The first-order valence-corrected chi connectivity index (χ1v) is 6.90. The fourth-order valence-corrected chi connectivity index (χ4v) is 2.07. The minimum Gasteiger partial charge on any atom is -0.326 e. The Morgan fingerprint density at radius 3 is 2.68 bits per heavy atom. The lowest BCUT2D eigenvalue weighted by Gasteiger charge is -2.11. The van der Waals surface area contributed by atoms with E-state index in [1.807, 2.05) is 43.3 Å². The van der Waals surface area contributed by atoms with E-state index in [1.54, 1.807) is 12.4 Å². The van der Waals surface area contributed by atoms with Crippen molar-refractivity contribution < 1.29 is 4.79 Å². The number of halogens is 1. The summed E-state index contributed by atoms with van der Waals surface area (Å²) < 4.78 is 0.995. The summed E-state index contributed by atoms with van der Waals surface area (Å²) in [4.78, 5) is 16.0. The van der Waals surface area contributed by atoms with Crippen LogP contribution >= 0.6 is 15.9 Å². The third-order valence-electron chi connectivity index (χ3n) is 2.87. The predicted octanol–water partition coefficient (Wildman–Crippen LogP) is 3.98. The maximum absolute atomic E-state index is 11.9. The van der Waals surface area contributed by atoms with Crippen molar-refractivity contribution in [3.8, 4) is 0 Å². The topological polar surface area (TPSA) is 42.0 Å². The zero-order valence-electron chi connectivity index (χ0n) is 10.6. The number of benzene rings is 1. The molecule has 1 atom stereocenters. The quantitative estimate of drug-likeness (QED) is 0.926. The summed E-state index contributed by atoms with van der Waals surface area (Å²) in [5.41, 5.74) is 1.89. The summed E-state index contributed by atoms with van der Waals surface area (Å²) in [6.07, 6.45) is 3.98. The first-order chi connectivity index (χ1) is 9.15. The molecule has 1 aromatic carbocycles. The molecule has 0 bridgehead atoms. The van der Waals surface area contributed by atoms with Gasteiger partial charge in [-0.15, -0.1) is 0 Å². The minimum atomic E-state index is 0.0127. The smallest absolute Gasteiger partial charge is 0.224 e. The molecule has 0 aliphatic rings. The predicted molar refractivity (Wildman–Crippen MR) is 80.0 cm³/mol. The lowest BCUT2D eigenvalue weighted by molar-refractivity contribution is -0.116. The number of anilines is 1. The largest absolute Gasteiger partial charge is 0.326 e. The Bertz CT molecular complexity index is 540. The van der Waals surface area contributed by atoms with E-state index in [9.17, 15) is 4.79 Å². The molecular weight excluding hydrogens is 304 g/mol. The third kappa shape index (κ3) is 4.17. The highest BCUT2D eigenvalue weighted by Gasteiger charge is 2.11. The standard InChI is InChI=1S/C15H15BrN2O/c1-11(12-3-2-8-17-10-12)9-15(19)18-14-6-4-13(16)5-7-14/h2-8,10-11H,9H2,1H3,(H,18,19). The van der Waals surface area contributed by atoms with E-state index in [0.29, 0.717) is 6.42 Å². The van der Waals surface area contributed by atoms with Crippen molar-refractivity contribution in [2.75, 3.05) is 5.32 Å². The Balaban J connectivity index is 1.93. The Morgan fingerprint density at radius 1 is 1.32 bits per heavy atom. The van der Waals surface area contributed by atoms with Gasteiger partial charge in [-0.1, -0.05) is 28.9 Å². The van der Waals surface area contributed by atoms with E-state index in [-0.39, 0.29) is 11.8 Å². The van der Waals surface area contributed by atoms with Gasteiger partial charge >= 0.3 is 0 Å². The molecule has 4 heteroatoms. The summed E-state index contributed by atoms with van der Waals surface area (Å²) in [6, 6.07) is 11.4. The Labute approximate surface area is 121 Å². The average Bonchev–Trinajstić information content (AvgIpc) is 2.42. The number of carbonyl (C=O) groups is 1. The van der Waals surface area contributed by atoms with Crippen LogP contribution in [0.15, 0.2) is 53.3 Å². The Hall–Kier alpha value is -1.68. The van der Waals surface area contributed by atoms with E-state index >= 15 is 0 Å². The van der Waals surface area contributed by atoms with Gasteiger partial charge in [0.15, 0.2) is 0 Å². The minimum absolute atomic E-state index is 0.0127. The van der Waals surface area contributed by atoms with Crippen molar-refractivity contribution in [2.24, 2.45) is 0 Å². The van der Waals surface area contributed by atoms with Gasteiger partial charge in [0.05, 0.1) is 0 Å². The summed E-state index contributed by atoms with van der Waals surface area (Å²) in [5, 5.41) is 2.89. The maximum atomic E-state index is 11.9. The molecule has 1 unspecified atom stereocenters. The van der Waals surface area contributed by atoms with Crippen molar-refractivity contribution in [3.63, 3.8) is 0 Å². The van der Waals surface area contributed by atoms with E-state index in [1.165, 1.54) is 0 Å². The van der Waals surface area contributed by atoms with Crippen LogP contribution in [0.4, 0.5) is 5.69 Å². The second-order valence-corrected chi connectivity index (χ2v) is 5.36. The van der Waals surface area contributed by atoms with Crippen LogP contribution in [0.3, 0.4) is 0 Å². The molecular formula is C15H15BrN2O. The molecule has 19 heavy (non-hydrogen) atoms. The molecule has 0 radical (unpaired) electrons. The second kappa shape index (κ2) is 6.48. The lowest BCUT2D eigenvalue weighted by atomic mass is 9.99. The van der Waals surface area contributed by atoms with Gasteiger partial charge in [-0.2, -0.15) is 0 Å². The number of nitrogens with zero attached hydrogens (tertiary/aromatic N) is 1. The van der Waals surface area contributed by atoms with Gasteiger partial charge in [-0.3, -0.25) is 9.78 Å². The molecule has 0 fully saturated rings. The van der Waals surface area contributed by atoms with Gasteiger partial charge in [0.2, 0.25) is 5.91 Å². The number of hydrogen-bond acceptors (Lipinski definition) is 2. The number of rotatable bonds is 4. The molecule has 2 rings (SSSR count). The van der Waals surface area contributed by atoms with Crippen LogP contribution in [0, 0.1) is 0 Å². The summed E-state index contributed by atoms with van der Waals surface area (Å²) in [6.45, 7) is 2.03. The summed E-state index contributed by atoms with van der Waals surface area (Å²) >= 11 is 3.36. The number of nitrogens with one attached hydrogen (secondary N) is 1. The van der Waals surface area contributed by atoms with Crippen LogP contribution < -0.4 is 5.32 Å². The molecule has 0 spiro atoms. The molecule has 1 N–H and O–H groups in total. The van der Waals surface area contributed by atoms with E-state index in [2.05, 4.69) is 26.2 Å². The highest BCUT2D eigenvalue weighted by molar-refractivity contribution is 9.10. The average molecular weight is 319 g/mol. The van der Waals surface area contributed by atoms with Crippen LogP contribution in [0.2, 0.25) is 0 Å². The molecule has 1 amide bonds. The molecule has 0 aliphatic carbocycles. The second-order valence-electron chi connectivity index (χ2n) is 4.45. The number of aromatic nitrogens is 1. The normalized spacial score (nSPS) is 11.9. The van der Waals surface area contributed by atoms with Gasteiger partial charge in [0.1, 0.15) is 0 Å². The van der Waals surface area contributed by atoms with Crippen molar-refractivity contribution in [2.45, 2.75) is 19.3 Å². The highest BCUT2D eigenvalue weighted by atomic mass is 79.9. The third-order valence-corrected chi connectivity index (χ3v) is 3.40. The summed E-state index contributed by atoms with van der Waals surface area (Å²) in [7, 11) is 0. The van der Waals surface area contributed by atoms with E-state index in [0.717, 1.165) is 15.7 Å². The molecule has 1 aromatic heterocycles. The fourth-order valence-electron chi connectivity index (χ4n) is 1.81. The van der Waals surface area contributed by atoms with Crippen molar-refractivity contribution in [1.29, 1.82) is 0 Å². The zero-order valence-corrected chi connectivity index (χ0v) is 12.2. The maximum Gasteiger partial charge on any atom is 0.224 e. The van der Waals surface area contributed by atoms with Crippen LogP contribution in [-0.4, -0.2) is 10.9 Å². The van der Waals surface area contributed by atoms with Crippen molar-refractivity contribution >= 4 is 27.5 Å². The molecule has 0 saturated heterocycles. The van der Waals surface area contributed by atoms with Crippen LogP contribution in [0.5, 0.6) is 0 Å². The van der Waals surface area contributed by atoms with Gasteiger partial charge in [0.25, 0.3) is 0 Å². The number of amides is 1. The first-order valence-electron chi connectivity index (χ1n) is 6.10. The Morgan fingerprint density at radius 2 is 2.05 bits per heavy atom. The van der Waals surface area contributed by atoms with Crippen LogP contribution in [0.1, 0.15) is 24.8 Å². The van der Waals surface area contributed by atoms with Gasteiger partial charge in [0, 0.05) is 29.0 Å². The number of pyridine rings is 1. The fraction of sp³-hybridized carbons (Fsp3) is 0.200. The van der Waals surface area contributed by atoms with Gasteiger partial charge in [-0.05, 0) is 41.8 Å². The van der Waals surface area contributed by atoms with Gasteiger partial charge in [-0.25, -0.2) is 0 Å². The van der Waals surface area contributed by atoms with Crippen molar-refractivity contribution in [3.05, 3.63) is 58.8 Å². The molecule has 1 heterocycles. The molecule has 0 aliphatic heterocycles. The Kier molecular flexibility index (Phi) is 4.68.